The van der Waals surface area contributed by atoms with Crippen LogP contribution in [-0.4, -0.2) is 33.6 Å². The molecule has 1 aromatic carbocycles. The first-order chi connectivity index (χ1) is 12.4. The molecule has 0 saturated carbocycles. The number of carbonyl (C=O) groups excluding carboxylic acids is 2. The Bertz CT molecular complexity index is 806. The number of hydrogen-bond donors (Lipinski definition) is 3. The minimum atomic E-state index is -0.349. The molecule has 1 heterocycles. The minimum Gasteiger partial charge on any atom is -0.353 e. The Kier molecular flexibility index (Phi) is 7.40. The number of hydrogen-bond acceptors (Lipinski definition) is 5. The van der Waals surface area contributed by atoms with E-state index >= 15 is 0 Å². The summed E-state index contributed by atoms with van der Waals surface area (Å²) in [6, 6.07) is 10.9. The van der Waals surface area contributed by atoms with Crippen LogP contribution in [0.1, 0.15) is 25.1 Å². The maximum atomic E-state index is 12.1. The first-order valence-electron chi connectivity index (χ1n) is 8.25. The molecule has 8 heteroatoms. The Hall–Kier alpha value is -2.61. The van der Waals surface area contributed by atoms with Crippen molar-refractivity contribution in [3.05, 3.63) is 58.0 Å². The molecule has 26 heavy (non-hydrogen) atoms. The van der Waals surface area contributed by atoms with Gasteiger partial charge < -0.3 is 15.6 Å². The lowest BCUT2D eigenvalue weighted by molar-refractivity contribution is -0.121. The molecule has 1 aromatic heterocycles. The largest absolute Gasteiger partial charge is 0.353 e. The van der Waals surface area contributed by atoms with Gasteiger partial charge in [-0.2, -0.15) is 0 Å². The van der Waals surface area contributed by atoms with Crippen LogP contribution in [0.25, 0.3) is 0 Å². The summed E-state index contributed by atoms with van der Waals surface area (Å²) in [5, 5.41) is 5.88. The Morgan fingerprint density at radius 1 is 1.19 bits per heavy atom. The molecule has 0 bridgehead atoms. The molecule has 2 aromatic rings. The van der Waals surface area contributed by atoms with Gasteiger partial charge in [0.2, 0.25) is 11.8 Å². The van der Waals surface area contributed by atoms with Crippen LogP contribution in [0.15, 0.2) is 46.3 Å². The van der Waals surface area contributed by atoms with Gasteiger partial charge in [0.25, 0.3) is 5.56 Å². The highest BCUT2D eigenvalue weighted by atomic mass is 32.2. The van der Waals surface area contributed by atoms with Gasteiger partial charge in [0.15, 0.2) is 5.16 Å². The van der Waals surface area contributed by atoms with Crippen molar-refractivity contribution < 1.29 is 9.59 Å². The minimum absolute atomic E-state index is 0.00248. The summed E-state index contributed by atoms with van der Waals surface area (Å²) in [7, 11) is 0. The van der Waals surface area contributed by atoms with Crippen LogP contribution in [0.4, 0.5) is 0 Å². The van der Waals surface area contributed by atoms with Crippen molar-refractivity contribution in [2.75, 3.05) is 5.75 Å². The SMILES string of the molecule is CC(C)NC(=O)CSc1nc(CC(=O)NCc2ccccc2)cc(=O)[nH]1. The lowest BCUT2D eigenvalue weighted by Gasteiger charge is -2.08. The Labute approximate surface area is 156 Å². The first kappa shape index (κ1) is 19.7. The van der Waals surface area contributed by atoms with Crippen LogP contribution in [0.2, 0.25) is 0 Å². The van der Waals surface area contributed by atoms with E-state index in [1.165, 1.54) is 6.07 Å². The van der Waals surface area contributed by atoms with Crippen LogP contribution in [0, 0.1) is 0 Å². The third kappa shape index (κ3) is 7.10. The van der Waals surface area contributed by atoms with Crippen molar-refractivity contribution in [3.63, 3.8) is 0 Å². The normalized spacial score (nSPS) is 10.6. The van der Waals surface area contributed by atoms with Crippen molar-refractivity contribution in [3.8, 4) is 0 Å². The van der Waals surface area contributed by atoms with Gasteiger partial charge in [-0.3, -0.25) is 14.4 Å². The third-order valence-electron chi connectivity index (χ3n) is 3.24. The second-order valence-electron chi connectivity index (χ2n) is 5.99. The quantitative estimate of drug-likeness (QED) is 0.476. The monoisotopic (exact) mass is 374 g/mol. The predicted octanol–water partition coefficient (Wildman–Crippen LogP) is 1.25. The molecule has 3 N–H and O–H groups in total. The van der Waals surface area contributed by atoms with Gasteiger partial charge >= 0.3 is 0 Å². The van der Waals surface area contributed by atoms with E-state index in [9.17, 15) is 14.4 Å². The van der Waals surface area contributed by atoms with Crippen LogP contribution in [0.3, 0.4) is 0 Å². The average molecular weight is 374 g/mol. The van der Waals surface area contributed by atoms with E-state index < -0.39 is 0 Å². The van der Waals surface area contributed by atoms with Gasteiger partial charge in [0.1, 0.15) is 0 Å². The van der Waals surface area contributed by atoms with E-state index in [0.29, 0.717) is 17.4 Å². The summed E-state index contributed by atoms with van der Waals surface area (Å²) in [6.07, 6.45) is 0.00248. The summed E-state index contributed by atoms with van der Waals surface area (Å²) in [6.45, 7) is 4.16. The molecule has 2 rings (SSSR count). The summed E-state index contributed by atoms with van der Waals surface area (Å²) in [5.74, 6) is -0.218. The van der Waals surface area contributed by atoms with Crippen molar-refractivity contribution in [2.45, 2.75) is 38.0 Å². The number of rotatable bonds is 8. The standard InChI is InChI=1S/C18H22N4O3S/c1-12(2)20-17(25)11-26-18-21-14(9-16(24)22-18)8-15(23)19-10-13-6-4-3-5-7-13/h3-7,9,12H,8,10-11H2,1-2H3,(H,19,23)(H,20,25)(H,21,22,24). The summed E-state index contributed by atoms with van der Waals surface area (Å²) >= 11 is 1.13. The second-order valence-corrected chi connectivity index (χ2v) is 6.96. The Morgan fingerprint density at radius 2 is 1.92 bits per heavy atom. The van der Waals surface area contributed by atoms with Crippen LogP contribution in [0.5, 0.6) is 0 Å². The predicted molar refractivity (Wildman–Crippen MR) is 101 cm³/mol. The Balaban J connectivity index is 1.90. The number of benzene rings is 1. The Morgan fingerprint density at radius 3 is 2.62 bits per heavy atom. The summed E-state index contributed by atoms with van der Waals surface area (Å²) in [4.78, 5) is 42.3. The number of amides is 2. The smallest absolute Gasteiger partial charge is 0.251 e. The maximum absolute atomic E-state index is 12.1. The van der Waals surface area contributed by atoms with Gasteiger partial charge in [0, 0.05) is 18.7 Å². The molecule has 138 valence electrons. The molecule has 0 aliphatic rings. The molecule has 0 saturated heterocycles. The van der Waals surface area contributed by atoms with Crippen LogP contribution < -0.4 is 16.2 Å². The van der Waals surface area contributed by atoms with E-state index in [-0.39, 0.29) is 35.6 Å². The number of carbonyl (C=O) groups is 2. The fourth-order valence-electron chi connectivity index (χ4n) is 2.16. The number of nitrogens with one attached hydrogen (secondary N) is 3. The maximum Gasteiger partial charge on any atom is 0.251 e. The first-order valence-corrected chi connectivity index (χ1v) is 9.24. The van der Waals surface area contributed by atoms with Gasteiger partial charge in [0.05, 0.1) is 17.9 Å². The number of aromatic amines is 1. The van der Waals surface area contributed by atoms with E-state index in [4.69, 9.17) is 0 Å². The summed E-state index contributed by atoms with van der Waals surface area (Å²) in [5.41, 5.74) is 1.01. The number of H-pyrrole nitrogens is 1. The van der Waals surface area contributed by atoms with Crippen molar-refractivity contribution in [2.24, 2.45) is 0 Å². The van der Waals surface area contributed by atoms with Crippen molar-refractivity contribution in [1.29, 1.82) is 0 Å². The lowest BCUT2D eigenvalue weighted by Crippen LogP contribution is -2.31. The fourth-order valence-corrected chi connectivity index (χ4v) is 2.87. The number of thioether (sulfide) groups is 1. The van der Waals surface area contributed by atoms with E-state index in [1.54, 1.807) is 0 Å². The highest BCUT2D eigenvalue weighted by molar-refractivity contribution is 7.99. The molecular weight excluding hydrogens is 352 g/mol. The zero-order valence-electron chi connectivity index (χ0n) is 14.7. The van der Waals surface area contributed by atoms with Crippen molar-refractivity contribution >= 4 is 23.6 Å². The molecule has 2 amide bonds. The van der Waals surface area contributed by atoms with E-state index in [2.05, 4.69) is 20.6 Å². The second kappa shape index (κ2) is 9.76. The van der Waals surface area contributed by atoms with Crippen LogP contribution in [-0.2, 0) is 22.6 Å². The molecule has 0 atom stereocenters. The fraction of sp³-hybridized carbons (Fsp3) is 0.333. The zero-order valence-corrected chi connectivity index (χ0v) is 15.6. The van der Waals surface area contributed by atoms with E-state index in [0.717, 1.165) is 17.3 Å². The molecule has 0 spiro atoms. The molecule has 0 unspecified atom stereocenters. The molecule has 0 aliphatic heterocycles. The average Bonchev–Trinajstić information content (AvgIpc) is 2.58. The van der Waals surface area contributed by atoms with Gasteiger partial charge in [-0.25, -0.2) is 4.98 Å². The van der Waals surface area contributed by atoms with Gasteiger partial charge in [-0.05, 0) is 19.4 Å². The van der Waals surface area contributed by atoms with Crippen LogP contribution >= 0.6 is 11.8 Å². The molecular formula is C18H22N4O3S. The number of aromatic nitrogens is 2. The molecule has 7 nitrogen and oxygen atoms in total. The lowest BCUT2D eigenvalue weighted by atomic mass is 10.2. The summed E-state index contributed by atoms with van der Waals surface area (Å²) < 4.78 is 0. The topological polar surface area (TPSA) is 104 Å². The molecule has 0 aliphatic carbocycles. The highest BCUT2D eigenvalue weighted by Gasteiger charge is 2.10. The van der Waals surface area contributed by atoms with Gasteiger partial charge in [-0.1, -0.05) is 42.1 Å². The van der Waals surface area contributed by atoms with E-state index in [1.807, 2.05) is 44.2 Å². The number of nitrogens with zero attached hydrogens (tertiary/aromatic N) is 1. The zero-order chi connectivity index (χ0) is 18.9. The van der Waals surface area contributed by atoms with Crippen molar-refractivity contribution in [1.82, 2.24) is 20.6 Å². The van der Waals surface area contributed by atoms with Gasteiger partial charge in [-0.15, -0.1) is 0 Å². The third-order valence-corrected chi connectivity index (χ3v) is 4.11. The molecule has 0 radical (unpaired) electrons. The molecule has 0 fully saturated rings. The highest BCUT2D eigenvalue weighted by Crippen LogP contribution is 2.11.